The molecule has 0 bridgehead atoms. The predicted molar refractivity (Wildman–Crippen MR) is 187 cm³/mol. The van der Waals surface area contributed by atoms with Crippen molar-refractivity contribution in [1.82, 2.24) is 19.8 Å². The largest absolute Gasteiger partial charge is 0.461 e. The molecule has 0 saturated carbocycles. The molecule has 1 amide bonds. The van der Waals surface area contributed by atoms with E-state index in [1.54, 1.807) is 23.6 Å². The first-order valence-electron chi connectivity index (χ1n) is 17.3. The second-order valence-corrected chi connectivity index (χ2v) is 15.0. The van der Waals surface area contributed by atoms with Crippen molar-refractivity contribution in [3.8, 4) is 23.2 Å². The van der Waals surface area contributed by atoms with E-state index in [4.69, 9.17) is 15.2 Å². The second-order valence-electron chi connectivity index (χ2n) is 13.9. The van der Waals surface area contributed by atoms with Gasteiger partial charge in [0.05, 0.1) is 39.6 Å². The Labute approximate surface area is 305 Å². The highest BCUT2D eigenvalue weighted by Crippen LogP contribution is 2.48. The Kier molecular flexibility index (Phi) is 9.61. The number of ether oxygens (including phenoxy) is 2. The summed E-state index contributed by atoms with van der Waals surface area (Å²) < 4.78 is 104. The zero-order valence-electron chi connectivity index (χ0n) is 29.1. The van der Waals surface area contributed by atoms with Crippen molar-refractivity contribution in [1.29, 1.82) is 5.26 Å². The number of rotatable bonds is 10. The van der Waals surface area contributed by atoms with Crippen LogP contribution >= 0.6 is 11.3 Å². The number of benzene rings is 2. The summed E-state index contributed by atoms with van der Waals surface area (Å²) in [6, 6.07) is 3.33. The summed E-state index contributed by atoms with van der Waals surface area (Å²) in [7, 11) is 1.51. The Morgan fingerprint density at radius 2 is 2.04 bits per heavy atom. The van der Waals surface area contributed by atoms with Crippen LogP contribution in [0, 0.1) is 23.0 Å². The third kappa shape index (κ3) is 6.18. The van der Waals surface area contributed by atoms with Crippen LogP contribution in [0.5, 0.6) is 6.01 Å². The molecule has 282 valence electrons. The summed E-state index contributed by atoms with van der Waals surface area (Å²) in [6.07, 6.45) is -3.81. The molecule has 3 fully saturated rings. The number of nitrogens with two attached hydrogens (primary N) is 1. The highest BCUT2D eigenvalue weighted by molar-refractivity contribution is 7.23. The quantitative estimate of drug-likeness (QED) is 0.140. The van der Waals surface area contributed by atoms with E-state index in [0.29, 0.717) is 37.1 Å². The number of likely N-dealkylation sites (tertiary alicyclic amines) is 1. The fraction of sp³-hybridized carbons (Fsp3) is 0.500. The Morgan fingerprint density at radius 1 is 1.26 bits per heavy atom. The number of carbonyl (C=O) groups excluding carboxylic acids is 1. The van der Waals surface area contributed by atoms with Crippen LogP contribution in [-0.2, 0) is 15.7 Å². The van der Waals surface area contributed by atoms with Crippen molar-refractivity contribution in [2.75, 3.05) is 50.5 Å². The SMILES string of the molecule is CCN(c1nc(OCC23CCCN2CC(F)C3)nc2c(F)c(-c3ccc(F)c4sc(N)c(C#N)c34)c(C(F)(F)F)cc12)C1CC(C(C)OC)N(C=O)C1. The maximum Gasteiger partial charge on any atom is 0.417 e. The number of amides is 1. The Bertz CT molecular complexity index is 2130. The maximum atomic E-state index is 17.3. The van der Waals surface area contributed by atoms with Gasteiger partial charge in [-0.15, -0.1) is 11.3 Å². The number of nitrogen functional groups attached to an aromatic ring is 1. The van der Waals surface area contributed by atoms with Gasteiger partial charge in [-0.3, -0.25) is 9.69 Å². The van der Waals surface area contributed by atoms with Gasteiger partial charge in [0.1, 0.15) is 41.0 Å². The zero-order chi connectivity index (χ0) is 38.0. The van der Waals surface area contributed by atoms with Gasteiger partial charge in [-0.1, -0.05) is 6.07 Å². The van der Waals surface area contributed by atoms with Gasteiger partial charge >= 0.3 is 12.2 Å². The van der Waals surface area contributed by atoms with Gasteiger partial charge in [-0.2, -0.15) is 28.4 Å². The van der Waals surface area contributed by atoms with Gasteiger partial charge < -0.3 is 25.0 Å². The molecule has 2 aromatic heterocycles. The topological polar surface area (TPSA) is 121 Å². The van der Waals surface area contributed by atoms with E-state index in [2.05, 4.69) is 9.97 Å². The molecule has 0 aliphatic carbocycles. The molecule has 3 aliphatic heterocycles. The third-order valence-electron chi connectivity index (χ3n) is 11.1. The number of aromatic nitrogens is 2. The minimum atomic E-state index is -5.14. The summed E-state index contributed by atoms with van der Waals surface area (Å²) in [5.74, 6) is -2.28. The first-order chi connectivity index (χ1) is 25.2. The van der Waals surface area contributed by atoms with Crippen molar-refractivity contribution in [2.45, 2.75) is 75.6 Å². The Hall–Kier alpha value is -4.40. The average Bonchev–Trinajstić information content (AvgIpc) is 3.88. The summed E-state index contributed by atoms with van der Waals surface area (Å²) in [5.41, 5.74) is 1.83. The predicted octanol–water partition coefficient (Wildman–Crippen LogP) is 6.68. The number of thiophene rings is 1. The van der Waals surface area contributed by atoms with E-state index in [9.17, 15) is 18.8 Å². The van der Waals surface area contributed by atoms with E-state index in [-0.39, 0.29) is 88.2 Å². The molecule has 2 aromatic carbocycles. The van der Waals surface area contributed by atoms with Gasteiger partial charge in [0, 0.05) is 49.5 Å². The van der Waals surface area contributed by atoms with E-state index in [1.165, 1.54) is 7.11 Å². The molecule has 53 heavy (non-hydrogen) atoms. The number of halogens is 6. The van der Waals surface area contributed by atoms with Gasteiger partial charge in [-0.25, -0.2) is 13.2 Å². The van der Waals surface area contributed by atoms with Crippen LogP contribution in [0.15, 0.2) is 18.2 Å². The van der Waals surface area contributed by atoms with Crippen LogP contribution in [-0.4, -0.2) is 96.0 Å². The van der Waals surface area contributed by atoms with Crippen molar-refractivity contribution >= 4 is 49.6 Å². The number of nitrogens with zero attached hydrogens (tertiary/aromatic N) is 6. The molecule has 3 saturated heterocycles. The maximum absolute atomic E-state index is 17.3. The van der Waals surface area contributed by atoms with E-state index < -0.39 is 52.2 Å². The average molecular weight is 762 g/mol. The molecule has 0 spiro atoms. The number of hydrogen-bond donors (Lipinski definition) is 1. The normalized spacial score (nSPS) is 23.8. The van der Waals surface area contributed by atoms with Crippen molar-refractivity contribution in [3.05, 3.63) is 41.0 Å². The summed E-state index contributed by atoms with van der Waals surface area (Å²) in [6.45, 7) is 4.83. The number of hydrogen-bond acceptors (Lipinski definition) is 10. The number of methoxy groups -OCH3 is 1. The first kappa shape index (κ1) is 36.9. The lowest BCUT2D eigenvalue weighted by atomic mass is 9.92. The number of likely N-dealkylation sites (N-methyl/N-ethyl adjacent to an activating group) is 1. The van der Waals surface area contributed by atoms with Gasteiger partial charge in [0.15, 0.2) is 5.82 Å². The van der Waals surface area contributed by atoms with Gasteiger partial charge in [0.25, 0.3) is 0 Å². The van der Waals surface area contributed by atoms with Crippen LogP contribution < -0.4 is 15.4 Å². The fourth-order valence-electron chi connectivity index (χ4n) is 8.53. The summed E-state index contributed by atoms with van der Waals surface area (Å²) >= 11 is 0.675. The number of alkyl halides is 4. The molecule has 17 heteroatoms. The van der Waals surface area contributed by atoms with Gasteiger partial charge in [-0.05, 0) is 57.4 Å². The number of nitriles is 1. The summed E-state index contributed by atoms with van der Waals surface area (Å²) in [4.78, 5) is 26.3. The number of fused-ring (bicyclic) bond motifs is 3. The molecule has 7 rings (SSSR count). The number of carbonyl (C=O) groups is 1. The lowest BCUT2D eigenvalue weighted by Crippen LogP contribution is -2.43. The molecule has 5 atom stereocenters. The lowest BCUT2D eigenvalue weighted by molar-refractivity contribution is -0.137. The third-order valence-corrected chi connectivity index (χ3v) is 12.1. The van der Waals surface area contributed by atoms with E-state index in [0.717, 1.165) is 24.6 Å². The zero-order valence-corrected chi connectivity index (χ0v) is 30.0. The van der Waals surface area contributed by atoms with Crippen molar-refractivity contribution < 1.29 is 40.6 Å². The molecule has 5 unspecified atom stereocenters. The fourth-order valence-corrected chi connectivity index (χ4v) is 9.48. The van der Waals surface area contributed by atoms with Crippen LogP contribution in [0.2, 0.25) is 0 Å². The summed E-state index contributed by atoms with van der Waals surface area (Å²) in [5, 5.41) is 9.22. The van der Waals surface area contributed by atoms with Crippen LogP contribution in [0.3, 0.4) is 0 Å². The monoisotopic (exact) mass is 761 g/mol. The van der Waals surface area contributed by atoms with E-state index in [1.807, 2.05) is 11.0 Å². The molecular formula is C36H37F6N7O3S. The minimum absolute atomic E-state index is 0.0341. The number of anilines is 2. The van der Waals surface area contributed by atoms with Crippen LogP contribution in [0.1, 0.15) is 50.7 Å². The Balaban J connectivity index is 1.46. The molecule has 2 N–H and O–H groups in total. The highest BCUT2D eigenvalue weighted by atomic mass is 32.1. The second kappa shape index (κ2) is 13.8. The smallest absolute Gasteiger partial charge is 0.417 e. The molecule has 5 heterocycles. The standard InChI is InChI=1S/C36H37F6N7O3S/c1-4-49(20-10-26(18(2)51-3)47(15-20)17-50)33-22-11-24(36(40,41)42)28(21-6-7-25(38)31-27(21)23(13-43)32(44)53-31)29(39)30(22)45-34(46-33)52-16-35-8-5-9-48(35)14-19(37)12-35/h6-7,11,17-20,26H,4-5,8-10,12,14-16,44H2,1-3H3. The molecular weight excluding hydrogens is 724 g/mol. The van der Waals surface area contributed by atoms with Gasteiger partial charge in [0.2, 0.25) is 6.41 Å². The van der Waals surface area contributed by atoms with Crippen molar-refractivity contribution in [3.63, 3.8) is 0 Å². The van der Waals surface area contributed by atoms with E-state index >= 15 is 17.6 Å². The van der Waals surface area contributed by atoms with Crippen LogP contribution in [0.4, 0.5) is 37.2 Å². The van der Waals surface area contributed by atoms with Crippen molar-refractivity contribution in [2.24, 2.45) is 0 Å². The lowest BCUT2D eigenvalue weighted by Gasteiger charge is -2.32. The molecule has 4 aromatic rings. The highest BCUT2D eigenvalue weighted by Gasteiger charge is 2.49. The molecule has 0 radical (unpaired) electrons. The minimum Gasteiger partial charge on any atom is -0.461 e. The molecule has 3 aliphatic rings. The first-order valence-corrected chi connectivity index (χ1v) is 18.1. The molecule has 10 nitrogen and oxygen atoms in total. The van der Waals surface area contributed by atoms with Crippen LogP contribution in [0.25, 0.3) is 32.1 Å². The Morgan fingerprint density at radius 3 is 2.72 bits per heavy atom.